The van der Waals surface area contributed by atoms with Crippen LogP contribution in [0.15, 0.2) is 24.3 Å². The van der Waals surface area contributed by atoms with Crippen molar-refractivity contribution in [2.24, 2.45) is 0 Å². The summed E-state index contributed by atoms with van der Waals surface area (Å²) in [6, 6.07) is 7.98. The van der Waals surface area contributed by atoms with Crippen molar-refractivity contribution in [1.82, 2.24) is 5.32 Å². The number of hydrogen-bond acceptors (Lipinski definition) is 3. The fraction of sp³-hybridized carbons (Fsp3) is 0.533. The lowest BCUT2D eigenvalue weighted by molar-refractivity contribution is -0.123. The van der Waals surface area contributed by atoms with Gasteiger partial charge in [-0.05, 0) is 43.9 Å². The summed E-state index contributed by atoms with van der Waals surface area (Å²) in [6.07, 6.45) is 3.47. The maximum absolute atomic E-state index is 11.8. The summed E-state index contributed by atoms with van der Waals surface area (Å²) in [6.45, 7) is 2.75. The number of anilines is 1. The molecule has 0 heterocycles. The van der Waals surface area contributed by atoms with E-state index in [0.29, 0.717) is 18.6 Å². The molecule has 4 heteroatoms. The van der Waals surface area contributed by atoms with E-state index in [1.54, 1.807) is 0 Å². The molecule has 0 atom stereocenters. The summed E-state index contributed by atoms with van der Waals surface area (Å²) in [5.74, 6) is 0.113. The first-order valence-electron chi connectivity index (χ1n) is 6.92. The summed E-state index contributed by atoms with van der Waals surface area (Å²) in [5.41, 5.74) is 7.56. The van der Waals surface area contributed by atoms with Gasteiger partial charge in [0.1, 0.15) is 0 Å². The van der Waals surface area contributed by atoms with E-state index in [-0.39, 0.29) is 5.91 Å². The first-order valence-corrected chi connectivity index (χ1v) is 6.92. The van der Waals surface area contributed by atoms with Gasteiger partial charge in [0.2, 0.25) is 5.91 Å². The van der Waals surface area contributed by atoms with Gasteiger partial charge in [-0.3, -0.25) is 4.79 Å². The van der Waals surface area contributed by atoms with Crippen LogP contribution >= 0.6 is 0 Å². The number of aryl methyl sites for hydroxylation is 1. The van der Waals surface area contributed by atoms with Crippen molar-refractivity contribution in [3.8, 4) is 0 Å². The number of nitrogens with one attached hydrogen (secondary N) is 1. The molecule has 1 saturated carbocycles. The summed E-state index contributed by atoms with van der Waals surface area (Å²) < 4.78 is 5.47. The van der Waals surface area contributed by atoms with Crippen molar-refractivity contribution < 1.29 is 9.53 Å². The molecule has 1 fully saturated rings. The summed E-state index contributed by atoms with van der Waals surface area (Å²) in [7, 11) is 0. The van der Waals surface area contributed by atoms with Gasteiger partial charge in [-0.2, -0.15) is 0 Å². The van der Waals surface area contributed by atoms with Crippen LogP contribution in [0.2, 0.25) is 0 Å². The monoisotopic (exact) mass is 262 g/mol. The van der Waals surface area contributed by atoms with Crippen LogP contribution in [0, 0.1) is 0 Å². The maximum Gasteiger partial charge on any atom is 0.220 e. The highest BCUT2D eigenvalue weighted by atomic mass is 16.5. The van der Waals surface area contributed by atoms with Gasteiger partial charge in [-0.25, -0.2) is 0 Å². The Morgan fingerprint density at radius 2 is 2.26 bits per heavy atom. The molecule has 3 N–H and O–H groups in total. The van der Waals surface area contributed by atoms with Crippen LogP contribution in [0.4, 0.5) is 5.69 Å². The molecule has 4 nitrogen and oxygen atoms in total. The minimum atomic E-state index is 0.113. The number of carbonyl (C=O) groups is 1. The van der Waals surface area contributed by atoms with Crippen LogP contribution in [0.3, 0.4) is 0 Å². The van der Waals surface area contributed by atoms with Gasteiger partial charge in [0.15, 0.2) is 0 Å². The lowest BCUT2D eigenvalue weighted by Gasteiger charge is -2.35. The molecule has 2 rings (SSSR count). The maximum atomic E-state index is 11.8. The van der Waals surface area contributed by atoms with Gasteiger partial charge in [0.25, 0.3) is 0 Å². The van der Waals surface area contributed by atoms with Crippen LogP contribution in [0.25, 0.3) is 0 Å². The molecule has 0 aliphatic heterocycles. The van der Waals surface area contributed by atoms with E-state index in [1.807, 2.05) is 31.2 Å². The largest absolute Gasteiger partial charge is 0.399 e. The molecular weight excluding hydrogens is 240 g/mol. The summed E-state index contributed by atoms with van der Waals surface area (Å²) in [5, 5.41) is 3.04. The predicted octanol–water partition coefficient (Wildman–Crippen LogP) is 1.89. The number of nitrogens with two attached hydrogens (primary N) is 1. The molecule has 0 unspecified atom stereocenters. The van der Waals surface area contributed by atoms with Crippen LogP contribution in [-0.4, -0.2) is 24.7 Å². The number of rotatable bonds is 6. The average Bonchev–Trinajstić information content (AvgIpc) is 2.34. The lowest BCUT2D eigenvalue weighted by atomic mass is 9.89. The van der Waals surface area contributed by atoms with Gasteiger partial charge < -0.3 is 15.8 Å². The van der Waals surface area contributed by atoms with E-state index in [9.17, 15) is 4.79 Å². The second-order valence-corrected chi connectivity index (χ2v) is 5.06. The Labute approximate surface area is 114 Å². The zero-order chi connectivity index (χ0) is 13.7. The average molecular weight is 262 g/mol. The van der Waals surface area contributed by atoms with Gasteiger partial charge >= 0.3 is 0 Å². The molecule has 104 valence electrons. The van der Waals surface area contributed by atoms with Gasteiger partial charge in [-0.15, -0.1) is 0 Å². The Bertz CT molecular complexity index is 428. The van der Waals surface area contributed by atoms with E-state index < -0.39 is 0 Å². The quantitative estimate of drug-likeness (QED) is 0.769. The van der Waals surface area contributed by atoms with Crippen molar-refractivity contribution >= 4 is 11.6 Å². The number of hydrogen-bond donors (Lipinski definition) is 2. The normalized spacial score (nSPS) is 21.7. The predicted molar refractivity (Wildman–Crippen MR) is 75.8 cm³/mol. The third-order valence-electron chi connectivity index (χ3n) is 3.45. The smallest absolute Gasteiger partial charge is 0.220 e. The molecule has 0 radical (unpaired) electrons. The second-order valence-electron chi connectivity index (χ2n) is 5.06. The van der Waals surface area contributed by atoms with E-state index in [0.717, 1.165) is 37.1 Å². The molecule has 0 spiro atoms. The minimum Gasteiger partial charge on any atom is -0.399 e. The Hall–Kier alpha value is -1.55. The van der Waals surface area contributed by atoms with Crippen molar-refractivity contribution in [2.45, 2.75) is 44.8 Å². The first-order chi connectivity index (χ1) is 9.17. The zero-order valence-electron chi connectivity index (χ0n) is 11.4. The molecule has 1 aliphatic carbocycles. The summed E-state index contributed by atoms with van der Waals surface area (Å²) >= 11 is 0. The molecular formula is C15H22N2O2. The van der Waals surface area contributed by atoms with E-state index in [2.05, 4.69) is 5.32 Å². The second kappa shape index (κ2) is 6.57. The molecule has 0 bridgehead atoms. The standard InChI is InChI=1S/C15H22N2O2/c1-2-19-14-9-13(10-14)17-15(18)7-6-11-4-3-5-12(16)8-11/h3-5,8,13-14H,2,6-7,9-10,16H2,1H3,(H,17,18). The van der Waals surface area contributed by atoms with Crippen LogP contribution in [0.1, 0.15) is 31.7 Å². The number of carbonyl (C=O) groups excluding carboxylic acids is 1. The highest BCUT2D eigenvalue weighted by molar-refractivity contribution is 5.76. The van der Waals surface area contributed by atoms with Gasteiger partial charge in [0, 0.05) is 24.8 Å². The number of ether oxygens (including phenoxy) is 1. The molecule has 1 aromatic rings. The first kappa shape index (κ1) is 13.9. The molecule has 0 saturated heterocycles. The Morgan fingerprint density at radius 1 is 1.47 bits per heavy atom. The third-order valence-corrected chi connectivity index (χ3v) is 3.45. The van der Waals surface area contributed by atoms with Gasteiger partial charge in [-0.1, -0.05) is 12.1 Å². The Balaban J connectivity index is 1.66. The van der Waals surface area contributed by atoms with Crippen molar-refractivity contribution in [3.63, 3.8) is 0 Å². The topological polar surface area (TPSA) is 64.3 Å². The minimum absolute atomic E-state index is 0.113. The Morgan fingerprint density at radius 3 is 2.95 bits per heavy atom. The SMILES string of the molecule is CCOC1CC(NC(=O)CCc2cccc(N)c2)C1. The third kappa shape index (κ3) is 4.24. The molecule has 1 aromatic carbocycles. The van der Waals surface area contributed by atoms with Crippen LogP contribution < -0.4 is 11.1 Å². The van der Waals surface area contributed by atoms with Gasteiger partial charge in [0.05, 0.1) is 6.10 Å². The highest BCUT2D eigenvalue weighted by Gasteiger charge is 2.30. The number of nitrogen functional groups attached to an aromatic ring is 1. The van der Waals surface area contributed by atoms with Crippen LogP contribution in [0.5, 0.6) is 0 Å². The van der Waals surface area contributed by atoms with Crippen LogP contribution in [-0.2, 0) is 16.0 Å². The molecule has 1 aliphatic rings. The fourth-order valence-electron chi connectivity index (χ4n) is 2.36. The lowest BCUT2D eigenvalue weighted by Crippen LogP contribution is -2.47. The van der Waals surface area contributed by atoms with Crippen molar-refractivity contribution in [1.29, 1.82) is 0 Å². The van der Waals surface area contributed by atoms with E-state index in [1.165, 1.54) is 0 Å². The number of amides is 1. The molecule has 19 heavy (non-hydrogen) atoms. The van der Waals surface area contributed by atoms with Crippen molar-refractivity contribution in [3.05, 3.63) is 29.8 Å². The molecule has 0 aromatic heterocycles. The van der Waals surface area contributed by atoms with E-state index >= 15 is 0 Å². The fourth-order valence-corrected chi connectivity index (χ4v) is 2.36. The highest BCUT2D eigenvalue weighted by Crippen LogP contribution is 2.23. The van der Waals surface area contributed by atoms with Crippen molar-refractivity contribution in [2.75, 3.05) is 12.3 Å². The summed E-state index contributed by atoms with van der Waals surface area (Å²) in [4.78, 5) is 11.8. The molecule has 1 amide bonds. The van der Waals surface area contributed by atoms with E-state index in [4.69, 9.17) is 10.5 Å². The Kier molecular flexibility index (Phi) is 4.80. The number of benzene rings is 1. The zero-order valence-corrected chi connectivity index (χ0v) is 11.4.